The van der Waals surface area contributed by atoms with E-state index in [2.05, 4.69) is 4.84 Å². The van der Waals surface area contributed by atoms with Crippen molar-refractivity contribution in [2.24, 2.45) is 0 Å². The van der Waals surface area contributed by atoms with Crippen LogP contribution in [0.15, 0.2) is 18.2 Å². The Morgan fingerprint density at radius 3 is 1.91 bits per heavy atom. The van der Waals surface area contributed by atoms with Crippen molar-refractivity contribution in [1.82, 2.24) is 5.06 Å². The van der Waals surface area contributed by atoms with Gasteiger partial charge < -0.3 is 4.74 Å². The number of carbonyl (C=O) groups is 1. The van der Waals surface area contributed by atoms with Crippen LogP contribution in [0.5, 0.6) is 0 Å². The second kappa shape index (κ2) is 7.18. The zero-order chi connectivity index (χ0) is 17.8. The van der Waals surface area contributed by atoms with E-state index >= 15 is 0 Å². The number of amides is 1. The minimum atomic E-state index is -4.93. The lowest BCUT2D eigenvalue weighted by atomic mass is 10.1. The molecule has 0 aliphatic carbocycles. The third kappa shape index (κ3) is 5.71. The van der Waals surface area contributed by atoms with Gasteiger partial charge in [-0.2, -0.15) is 26.3 Å². The van der Waals surface area contributed by atoms with Crippen LogP contribution in [0.2, 0.25) is 0 Å². The van der Waals surface area contributed by atoms with Gasteiger partial charge in [-0.1, -0.05) is 0 Å². The molecular weight excluding hydrogens is 332 g/mol. The van der Waals surface area contributed by atoms with Crippen molar-refractivity contribution in [3.63, 3.8) is 0 Å². The molecular formula is C13H13F6NO3. The van der Waals surface area contributed by atoms with Crippen LogP contribution in [0, 0.1) is 0 Å². The number of likely N-dealkylation sites (N-methyl/N-ethyl adjacent to an activating group) is 1. The number of ether oxygens (including phenoxy) is 1. The Hall–Kier alpha value is -1.81. The highest BCUT2D eigenvalue weighted by Crippen LogP contribution is 2.36. The summed E-state index contributed by atoms with van der Waals surface area (Å²) in [6.45, 7) is -1.14. The standard InChI is InChI=1S/C13H13F6NO3/c1-20(22-2)11(21)7-23-6-8-3-9(12(14,15)16)5-10(4-8)13(17,18)19/h3-5H,6-7H2,1-2H3. The molecule has 0 saturated carbocycles. The first kappa shape index (κ1) is 19.2. The van der Waals surface area contributed by atoms with E-state index in [0.29, 0.717) is 12.1 Å². The van der Waals surface area contributed by atoms with E-state index in [0.717, 1.165) is 5.06 Å². The number of halogens is 6. The van der Waals surface area contributed by atoms with Gasteiger partial charge in [0.2, 0.25) is 0 Å². The Morgan fingerprint density at radius 2 is 1.52 bits per heavy atom. The molecule has 1 aromatic carbocycles. The molecule has 1 amide bonds. The molecule has 0 heterocycles. The highest BCUT2D eigenvalue weighted by molar-refractivity contribution is 5.76. The fraction of sp³-hybridized carbons (Fsp3) is 0.462. The Balaban J connectivity index is 2.92. The van der Waals surface area contributed by atoms with Crippen molar-refractivity contribution in [1.29, 1.82) is 0 Å². The highest BCUT2D eigenvalue weighted by Gasteiger charge is 2.36. The molecule has 10 heteroatoms. The number of carbonyl (C=O) groups excluding carboxylic acids is 1. The van der Waals surface area contributed by atoms with Crippen LogP contribution in [0.1, 0.15) is 16.7 Å². The lowest BCUT2D eigenvalue weighted by Gasteiger charge is -2.15. The summed E-state index contributed by atoms with van der Waals surface area (Å²) >= 11 is 0. The van der Waals surface area contributed by atoms with Gasteiger partial charge in [-0.15, -0.1) is 0 Å². The van der Waals surface area contributed by atoms with E-state index in [1.54, 1.807) is 0 Å². The average Bonchev–Trinajstić information content (AvgIpc) is 2.44. The van der Waals surface area contributed by atoms with Gasteiger partial charge in [-0.3, -0.25) is 9.63 Å². The van der Waals surface area contributed by atoms with Gasteiger partial charge in [0.15, 0.2) is 0 Å². The average molecular weight is 345 g/mol. The van der Waals surface area contributed by atoms with Crippen molar-refractivity contribution in [2.45, 2.75) is 19.0 Å². The molecule has 0 N–H and O–H groups in total. The molecule has 0 aromatic heterocycles. The molecule has 0 atom stereocenters. The summed E-state index contributed by atoms with van der Waals surface area (Å²) in [5.41, 5.74) is -3.22. The third-order valence-electron chi connectivity index (χ3n) is 2.77. The first-order chi connectivity index (χ1) is 10.4. The van der Waals surface area contributed by atoms with Crippen LogP contribution in [-0.4, -0.2) is 31.7 Å². The predicted molar refractivity (Wildman–Crippen MR) is 65.9 cm³/mol. The summed E-state index contributed by atoms with van der Waals surface area (Å²) in [6.07, 6.45) is -9.86. The third-order valence-corrected chi connectivity index (χ3v) is 2.77. The summed E-state index contributed by atoms with van der Waals surface area (Å²) in [6, 6.07) is 1.10. The van der Waals surface area contributed by atoms with E-state index < -0.39 is 42.6 Å². The highest BCUT2D eigenvalue weighted by atomic mass is 19.4. The van der Waals surface area contributed by atoms with Crippen molar-refractivity contribution in [3.8, 4) is 0 Å². The monoisotopic (exact) mass is 345 g/mol. The van der Waals surface area contributed by atoms with E-state index in [-0.39, 0.29) is 11.6 Å². The van der Waals surface area contributed by atoms with E-state index in [9.17, 15) is 31.1 Å². The fourth-order valence-corrected chi connectivity index (χ4v) is 1.55. The van der Waals surface area contributed by atoms with Crippen LogP contribution < -0.4 is 0 Å². The molecule has 0 fully saturated rings. The second-order valence-electron chi connectivity index (χ2n) is 4.48. The normalized spacial score (nSPS) is 12.3. The molecule has 4 nitrogen and oxygen atoms in total. The van der Waals surface area contributed by atoms with Crippen molar-refractivity contribution < 1.29 is 40.7 Å². The summed E-state index contributed by atoms with van der Waals surface area (Å²) in [4.78, 5) is 15.9. The van der Waals surface area contributed by atoms with Crippen molar-refractivity contribution in [3.05, 3.63) is 34.9 Å². The molecule has 0 unspecified atom stereocenters. The summed E-state index contributed by atoms with van der Waals surface area (Å²) in [5, 5.41) is 0.813. The van der Waals surface area contributed by atoms with E-state index in [4.69, 9.17) is 4.74 Å². The van der Waals surface area contributed by atoms with Crippen LogP contribution in [-0.2, 0) is 33.3 Å². The van der Waals surface area contributed by atoms with Gasteiger partial charge in [-0.05, 0) is 23.8 Å². The number of nitrogens with zero attached hydrogens (tertiary/aromatic N) is 1. The van der Waals surface area contributed by atoms with Crippen LogP contribution in [0.25, 0.3) is 0 Å². The Morgan fingerprint density at radius 1 is 1.04 bits per heavy atom. The van der Waals surface area contributed by atoms with Crippen LogP contribution >= 0.6 is 0 Å². The minimum Gasteiger partial charge on any atom is -0.367 e. The number of benzene rings is 1. The molecule has 0 aliphatic rings. The Labute approximate surface area is 127 Å². The van der Waals surface area contributed by atoms with Gasteiger partial charge in [-0.25, -0.2) is 5.06 Å². The maximum atomic E-state index is 12.7. The first-order valence-corrected chi connectivity index (χ1v) is 6.12. The van der Waals surface area contributed by atoms with Crippen molar-refractivity contribution >= 4 is 5.91 Å². The quantitative estimate of drug-likeness (QED) is 0.607. The molecule has 0 spiro atoms. The zero-order valence-corrected chi connectivity index (χ0v) is 12.1. The lowest BCUT2D eigenvalue weighted by molar-refractivity contribution is -0.173. The largest absolute Gasteiger partial charge is 0.416 e. The molecule has 1 aromatic rings. The van der Waals surface area contributed by atoms with Gasteiger partial charge in [0.25, 0.3) is 5.91 Å². The number of hydrogen-bond donors (Lipinski definition) is 0. The molecule has 23 heavy (non-hydrogen) atoms. The van der Waals surface area contributed by atoms with Gasteiger partial charge in [0.05, 0.1) is 24.8 Å². The first-order valence-electron chi connectivity index (χ1n) is 6.12. The molecule has 1 rings (SSSR count). The molecule has 0 bridgehead atoms. The molecule has 0 aliphatic heterocycles. The lowest BCUT2D eigenvalue weighted by Crippen LogP contribution is -2.29. The molecule has 0 saturated heterocycles. The maximum Gasteiger partial charge on any atom is 0.416 e. The smallest absolute Gasteiger partial charge is 0.367 e. The zero-order valence-electron chi connectivity index (χ0n) is 12.1. The number of rotatable bonds is 5. The minimum absolute atomic E-state index is 0.0212. The maximum absolute atomic E-state index is 12.7. The Kier molecular flexibility index (Phi) is 6.00. The van der Waals surface area contributed by atoms with Crippen molar-refractivity contribution in [2.75, 3.05) is 20.8 Å². The Bertz CT molecular complexity index is 523. The SMILES string of the molecule is CON(C)C(=O)COCc1cc(C(F)(F)F)cc(C(F)(F)F)c1. The van der Waals surface area contributed by atoms with Gasteiger partial charge >= 0.3 is 12.4 Å². The summed E-state index contributed by atoms with van der Waals surface area (Å²) < 4.78 is 80.7. The predicted octanol–water partition coefficient (Wildman–Crippen LogP) is 3.26. The number of hydrogen-bond acceptors (Lipinski definition) is 3. The van der Waals surface area contributed by atoms with Crippen LogP contribution in [0.3, 0.4) is 0 Å². The number of hydroxylamine groups is 2. The van der Waals surface area contributed by atoms with E-state index in [1.165, 1.54) is 14.2 Å². The summed E-state index contributed by atoms with van der Waals surface area (Å²) in [7, 11) is 2.48. The molecule has 0 radical (unpaired) electrons. The second-order valence-corrected chi connectivity index (χ2v) is 4.48. The number of alkyl halides is 6. The molecule has 130 valence electrons. The van der Waals surface area contributed by atoms with Gasteiger partial charge in [0, 0.05) is 7.05 Å². The summed E-state index contributed by atoms with van der Waals surface area (Å²) in [5.74, 6) is -0.643. The van der Waals surface area contributed by atoms with Crippen LogP contribution in [0.4, 0.5) is 26.3 Å². The van der Waals surface area contributed by atoms with E-state index in [1.807, 2.05) is 0 Å². The van der Waals surface area contributed by atoms with Gasteiger partial charge in [0.1, 0.15) is 6.61 Å². The fourth-order valence-electron chi connectivity index (χ4n) is 1.55. The topological polar surface area (TPSA) is 38.8 Å².